The van der Waals surface area contributed by atoms with E-state index in [0.717, 1.165) is 10.0 Å². The van der Waals surface area contributed by atoms with Crippen molar-refractivity contribution in [2.45, 2.75) is 6.54 Å². The molecule has 15 heavy (non-hydrogen) atoms. The summed E-state index contributed by atoms with van der Waals surface area (Å²) in [4.78, 5) is 0. The molecule has 0 unspecified atom stereocenters. The summed E-state index contributed by atoms with van der Waals surface area (Å²) in [6.45, 7) is 0.437. The second-order valence-electron chi connectivity index (χ2n) is 2.82. The Morgan fingerprint density at radius 2 is 1.80 bits per heavy atom. The molecular weight excluding hydrogens is 281 g/mol. The summed E-state index contributed by atoms with van der Waals surface area (Å²) in [6.07, 6.45) is 0. The Labute approximate surface area is 97.7 Å². The number of rotatable bonds is 5. The lowest BCUT2D eigenvalue weighted by molar-refractivity contribution is 0.264. The normalized spacial score (nSPS) is 11.7. The third-order valence-corrected chi connectivity index (χ3v) is 3.91. The quantitative estimate of drug-likeness (QED) is 0.848. The predicted octanol–water partition coefficient (Wildman–Crippen LogP) is 2.94. The zero-order valence-corrected chi connectivity index (χ0v) is 11.0. The molecule has 0 aromatic heterocycles. The van der Waals surface area contributed by atoms with Crippen molar-refractivity contribution >= 4 is 23.7 Å². The Kier molecular flexibility index (Phi) is 4.96. The van der Waals surface area contributed by atoms with E-state index in [-0.39, 0.29) is 0 Å². The molecule has 84 valence electrons. The number of benzene rings is 1. The van der Waals surface area contributed by atoms with E-state index in [0.29, 0.717) is 6.54 Å². The van der Waals surface area contributed by atoms with Crippen molar-refractivity contribution in [2.24, 2.45) is 0 Å². The highest BCUT2D eigenvalue weighted by Gasteiger charge is 2.19. The van der Waals surface area contributed by atoms with Gasteiger partial charge in [-0.05, 0) is 17.7 Å². The minimum atomic E-state index is -3.12. The molecule has 0 amide bonds. The summed E-state index contributed by atoms with van der Waals surface area (Å²) in [5.41, 5.74) is 1.01. The Bertz CT molecular complexity index is 347. The topological polar surface area (TPSA) is 47.6 Å². The van der Waals surface area contributed by atoms with E-state index in [1.165, 1.54) is 14.2 Å². The maximum atomic E-state index is 11.6. The van der Waals surface area contributed by atoms with Crippen LogP contribution in [0.4, 0.5) is 0 Å². The lowest BCUT2D eigenvalue weighted by Crippen LogP contribution is -2.12. The van der Waals surface area contributed by atoms with Crippen LogP contribution in [0.5, 0.6) is 0 Å². The molecule has 1 aromatic carbocycles. The van der Waals surface area contributed by atoms with Crippen LogP contribution in [-0.4, -0.2) is 14.2 Å². The number of hydrogen-bond donors (Lipinski definition) is 1. The monoisotopic (exact) mass is 293 g/mol. The summed E-state index contributed by atoms with van der Waals surface area (Å²) in [6, 6.07) is 7.68. The summed E-state index contributed by atoms with van der Waals surface area (Å²) in [7, 11) is -0.428. The maximum absolute atomic E-state index is 11.6. The first kappa shape index (κ1) is 12.9. The molecule has 6 heteroatoms. The molecule has 0 radical (unpaired) electrons. The van der Waals surface area contributed by atoms with Gasteiger partial charge in [-0.3, -0.25) is 0 Å². The third kappa shape index (κ3) is 4.05. The van der Waals surface area contributed by atoms with Gasteiger partial charge in [-0.1, -0.05) is 28.1 Å². The standard InChI is InChI=1S/C9H13BrNO3P/c1-13-15(12,14-2)11-7-8-3-5-9(10)6-4-8/h3-6H,7H2,1-2H3,(H,11,12). The van der Waals surface area contributed by atoms with E-state index in [9.17, 15) is 4.57 Å². The van der Waals surface area contributed by atoms with E-state index in [4.69, 9.17) is 9.05 Å². The molecule has 0 atom stereocenters. The van der Waals surface area contributed by atoms with Gasteiger partial charge in [0.05, 0.1) is 0 Å². The average molecular weight is 294 g/mol. The van der Waals surface area contributed by atoms with Crippen LogP contribution in [0.1, 0.15) is 5.56 Å². The molecule has 0 aliphatic heterocycles. The van der Waals surface area contributed by atoms with Gasteiger partial charge in [0.15, 0.2) is 0 Å². The summed E-state index contributed by atoms with van der Waals surface area (Å²) in [5, 5.41) is 2.73. The van der Waals surface area contributed by atoms with Crippen molar-refractivity contribution in [2.75, 3.05) is 14.2 Å². The molecule has 0 spiro atoms. The highest BCUT2D eigenvalue weighted by Crippen LogP contribution is 2.41. The maximum Gasteiger partial charge on any atom is 0.405 e. The van der Waals surface area contributed by atoms with Crippen molar-refractivity contribution < 1.29 is 13.6 Å². The molecule has 0 heterocycles. The van der Waals surface area contributed by atoms with Crippen LogP contribution in [0, 0.1) is 0 Å². The van der Waals surface area contributed by atoms with Crippen LogP contribution in [0.15, 0.2) is 28.7 Å². The second kappa shape index (κ2) is 5.77. The second-order valence-corrected chi connectivity index (χ2v) is 5.78. The zero-order valence-electron chi connectivity index (χ0n) is 8.57. The van der Waals surface area contributed by atoms with E-state index in [2.05, 4.69) is 21.0 Å². The highest BCUT2D eigenvalue weighted by molar-refractivity contribution is 9.10. The zero-order chi connectivity index (χ0) is 11.3. The highest BCUT2D eigenvalue weighted by atomic mass is 79.9. The van der Waals surface area contributed by atoms with Gasteiger partial charge in [0, 0.05) is 25.2 Å². The number of halogens is 1. The fourth-order valence-corrected chi connectivity index (χ4v) is 2.04. The third-order valence-electron chi connectivity index (χ3n) is 1.87. The van der Waals surface area contributed by atoms with Crippen LogP contribution < -0.4 is 5.09 Å². The Balaban J connectivity index is 2.57. The Morgan fingerprint density at radius 1 is 1.27 bits per heavy atom. The van der Waals surface area contributed by atoms with Crippen LogP contribution in [-0.2, 0) is 20.2 Å². The molecule has 1 N–H and O–H groups in total. The van der Waals surface area contributed by atoms with E-state index in [1.807, 2.05) is 24.3 Å². The van der Waals surface area contributed by atoms with Gasteiger partial charge >= 0.3 is 7.75 Å². The molecular formula is C9H13BrNO3P. The van der Waals surface area contributed by atoms with Crippen molar-refractivity contribution in [1.29, 1.82) is 0 Å². The molecule has 0 bridgehead atoms. The van der Waals surface area contributed by atoms with Crippen LogP contribution in [0.25, 0.3) is 0 Å². The Morgan fingerprint density at radius 3 is 2.27 bits per heavy atom. The van der Waals surface area contributed by atoms with Gasteiger partial charge in [0.1, 0.15) is 0 Å². The summed E-state index contributed by atoms with van der Waals surface area (Å²) >= 11 is 3.34. The van der Waals surface area contributed by atoms with Gasteiger partial charge in [0.25, 0.3) is 0 Å². The molecule has 0 aliphatic carbocycles. The number of nitrogens with one attached hydrogen (secondary N) is 1. The van der Waals surface area contributed by atoms with Crippen molar-refractivity contribution in [3.63, 3.8) is 0 Å². The summed E-state index contributed by atoms with van der Waals surface area (Å²) < 4.78 is 22.1. The molecule has 4 nitrogen and oxygen atoms in total. The van der Waals surface area contributed by atoms with Crippen LogP contribution in [0.3, 0.4) is 0 Å². The number of hydrogen-bond acceptors (Lipinski definition) is 3. The molecule has 1 aromatic rings. The smallest absolute Gasteiger partial charge is 0.300 e. The largest absolute Gasteiger partial charge is 0.405 e. The molecule has 0 saturated carbocycles. The average Bonchev–Trinajstić information content (AvgIpc) is 2.28. The molecule has 0 fully saturated rings. The first-order valence-electron chi connectivity index (χ1n) is 4.31. The SMILES string of the molecule is COP(=O)(NCc1ccc(Br)cc1)OC. The lowest BCUT2D eigenvalue weighted by atomic mass is 10.2. The minimum absolute atomic E-state index is 0.437. The van der Waals surface area contributed by atoms with Gasteiger partial charge < -0.3 is 9.05 Å². The Hall–Kier alpha value is -0.190. The van der Waals surface area contributed by atoms with Gasteiger partial charge in [-0.2, -0.15) is 0 Å². The van der Waals surface area contributed by atoms with E-state index < -0.39 is 7.75 Å². The molecule has 0 aliphatic rings. The van der Waals surface area contributed by atoms with E-state index in [1.54, 1.807) is 0 Å². The van der Waals surface area contributed by atoms with Crippen molar-refractivity contribution in [3.05, 3.63) is 34.3 Å². The van der Waals surface area contributed by atoms with Gasteiger partial charge in [0.2, 0.25) is 0 Å². The van der Waals surface area contributed by atoms with Crippen molar-refractivity contribution in [1.82, 2.24) is 5.09 Å². The van der Waals surface area contributed by atoms with Crippen LogP contribution >= 0.6 is 23.7 Å². The molecule has 0 saturated heterocycles. The fraction of sp³-hybridized carbons (Fsp3) is 0.333. The van der Waals surface area contributed by atoms with E-state index >= 15 is 0 Å². The first-order chi connectivity index (χ1) is 7.09. The minimum Gasteiger partial charge on any atom is -0.300 e. The van der Waals surface area contributed by atoms with Crippen LogP contribution in [0.2, 0.25) is 0 Å². The fourth-order valence-electron chi connectivity index (χ4n) is 0.994. The first-order valence-corrected chi connectivity index (χ1v) is 6.64. The van der Waals surface area contributed by atoms with Gasteiger partial charge in [-0.15, -0.1) is 0 Å². The molecule has 1 rings (SSSR count). The lowest BCUT2D eigenvalue weighted by Gasteiger charge is -2.14. The van der Waals surface area contributed by atoms with Crippen molar-refractivity contribution in [3.8, 4) is 0 Å². The predicted molar refractivity (Wildman–Crippen MR) is 62.6 cm³/mol. The van der Waals surface area contributed by atoms with Gasteiger partial charge in [-0.25, -0.2) is 9.65 Å². The summed E-state index contributed by atoms with van der Waals surface area (Å²) in [5.74, 6) is 0.